The van der Waals surface area contributed by atoms with Crippen LogP contribution in [0.1, 0.15) is 36.8 Å². The Hall–Kier alpha value is -1.06. The van der Waals surface area contributed by atoms with Crippen LogP contribution in [0.5, 0.6) is 0 Å². The van der Waals surface area contributed by atoms with Crippen LogP contribution in [-0.4, -0.2) is 43.7 Å². The van der Waals surface area contributed by atoms with Gasteiger partial charge in [0.2, 0.25) is 0 Å². The van der Waals surface area contributed by atoms with Gasteiger partial charge < -0.3 is 10.2 Å². The molecule has 2 unspecified atom stereocenters. The van der Waals surface area contributed by atoms with Crippen molar-refractivity contribution in [1.29, 1.82) is 0 Å². The van der Waals surface area contributed by atoms with E-state index in [1.165, 1.54) is 63.0 Å². The summed E-state index contributed by atoms with van der Waals surface area (Å²) in [5.74, 6) is 0. The predicted molar refractivity (Wildman–Crippen MR) is 87.9 cm³/mol. The van der Waals surface area contributed by atoms with Crippen LogP contribution in [0.2, 0.25) is 0 Å². The van der Waals surface area contributed by atoms with Gasteiger partial charge in [-0.3, -0.25) is 4.90 Å². The maximum Gasteiger partial charge on any atom is 0.0396 e. The Bertz CT molecular complexity index is 513. The van der Waals surface area contributed by atoms with Crippen LogP contribution >= 0.6 is 0 Å². The van der Waals surface area contributed by atoms with Gasteiger partial charge in [-0.15, -0.1) is 0 Å². The lowest BCUT2D eigenvalue weighted by molar-refractivity contribution is 0.251. The molecule has 3 heterocycles. The first-order valence-electron chi connectivity index (χ1n) is 8.59. The zero-order valence-corrected chi connectivity index (χ0v) is 13.1. The summed E-state index contributed by atoms with van der Waals surface area (Å²) in [6, 6.07) is 8.67. The van der Waals surface area contributed by atoms with E-state index in [4.69, 9.17) is 0 Å². The maximum absolute atomic E-state index is 3.78. The van der Waals surface area contributed by atoms with E-state index in [9.17, 15) is 0 Å². The number of hydrogen-bond donors (Lipinski definition) is 1. The molecular formula is C18H27N3. The first-order chi connectivity index (χ1) is 10.3. The molecule has 2 bridgehead atoms. The summed E-state index contributed by atoms with van der Waals surface area (Å²) in [5.41, 5.74) is 4.50. The SMILES string of the molecule is CN1CCCc2cc(CN3CCC4CCC(C3)N4)ccc21. The first kappa shape index (κ1) is 13.6. The molecule has 1 aromatic rings. The molecule has 114 valence electrons. The smallest absolute Gasteiger partial charge is 0.0396 e. The highest BCUT2D eigenvalue weighted by Gasteiger charge is 2.29. The molecule has 4 rings (SSSR count). The largest absolute Gasteiger partial charge is 0.374 e. The molecule has 1 N–H and O–H groups in total. The van der Waals surface area contributed by atoms with Crippen LogP contribution in [0.3, 0.4) is 0 Å². The maximum atomic E-state index is 3.78. The van der Waals surface area contributed by atoms with Crippen LogP contribution < -0.4 is 10.2 Å². The van der Waals surface area contributed by atoms with Crippen LogP contribution in [0.4, 0.5) is 5.69 Å². The minimum absolute atomic E-state index is 0.737. The van der Waals surface area contributed by atoms with Crippen molar-refractivity contribution in [3.63, 3.8) is 0 Å². The zero-order valence-electron chi connectivity index (χ0n) is 13.1. The lowest BCUT2D eigenvalue weighted by Crippen LogP contribution is -2.35. The molecule has 2 fully saturated rings. The number of hydrogen-bond acceptors (Lipinski definition) is 3. The normalized spacial score (nSPS) is 29.3. The van der Waals surface area contributed by atoms with E-state index in [1.807, 2.05) is 0 Å². The number of fused-ring (bicyclic) bond motifs is 3. The van der Waals surface area contributed by atoms with Crippen molar-refractivity contribution in [2.24, 2.45) is 0 Å². The number of likely N-dealkylation sites (tertiary alicyclic amines) is 1. The van der Waals surface area contributed by atoms with Gasteiger partial charge in [0.25, 0.3) is 0 Å². The van der Waals surface area contributed by atoms with Crippen molar-refractivity contribution in [2.75, 3.05) is 31.6 Å². The number of aryl methyl sites for hydroxylation is 1. The van der Waals surface area contributed by atoms with Crippen molar-refractivity contribution in [2.45, 2.75) is 50.7 Å². The fraction of sp³-hybridized carbons (Fsp3) is 0.667. The molecule has 0 saturated carbocycles. The van der Waals surface area contributed by atoms with Crippen LogP contribution in [0, 0.1) is 0 Å². The molecule has 1 aromatic carbocycles. The average Bonchev–Trinajstić information content (AvgIpc) is 2.82. The Labute approximate surface area is 128 Å². The topological polar surface area (TPSA) is 18.5 Å². The second-order valence-corrected chi connectivity index (χ2v) is 7.15. The van der Waals surface area contributed by atoms with Gasteiger partial charge in [-0.2, -0.15) is 0 Å². The number of anilines is 1. The Morgan fingerprint density at radius 2 is 2.05 bits per heavy atom. The standard InChI is InChI=1S/C18H27N3/c1-20-9-2-3-15-11-14(4-7-18(15)20)12-21-10-8-16-5-6-17(13-21)19-16/h4,7,11,16-17,19H,2-3,5-6,8-10,12-13H2,1H3. The van der Waals surface area contributed by atoms with E-state index in [0.29, 0.717) is 0 Å². The summed E-state index contributed by atoms with van der Waals surface area (Å²) in [4.78, 5) is 5.06. The number of rotatable bonds is 2. The molecule has 3 nitrogen and oxygen atoms in total. The number of benzene rings is 1. The Balaban J connectivity index is 1.47. The predicted octanol–water partition coefficient (Wildman–Crippen LogP) is 2.40. The monoisotopic (exact) mass is 285 g/mol. The molecular weight excluding hydrogens is 258 g/mol. The molecule has 0 amide bonds. The number of nitrogens with one attached hydrogen (secondary N) is 1. The van der Waals surface area contributed by atoms with Gasteiger partial charge in [0, 0.05) is 51.0 Å². The van der Waals surface area contributed by atoms with Crippen LogP contribution in [-0.2, 0) is 13.0 Å². The lowest BCUT2D eigenvalue weighted by Gasteiger charge is -2.29. The van der Waals surface area contributed by atoms with Gasteiger partial charge in [0.15, 0.2) is 0 Å². The van der Waals surface area contributed by atoms with E-state index in [1.54, 1.807) is 5.56 Å². The fourth-order valence-electron chi connectivity index (χ4n) is 4.35. The van der Waals surface area contributed by atoms with E-state index < -0.39 is 0 Å². The van der Waals surface area contributed by atoms with Gasteiger partial charge in [-0.05, 0) is 49.3 Å². The molecule has 0 aromatic heterocycles. The second-order valence-electron chi connectivity index (χ2n) is 7.15. The molecule has 0 radical (unpaired) electrons. The fourth-order valence-corrected chi connectivity index (χ4v) is 4.35. The Kier molecular flexibility index (Phi) is 3.64. The molecule has 21 heavy (non-hydrogen) atoms. The van der Waals surface area contributed by atoms with E-state index in [0.717, 1.165) is 18.6 Å². The third kappa shape index (κ3) is 2.82. The highest BCUT2D eigenvalue weighted by Crippen LogP contribution is 2.28. The summed E-state index contributed by atoms with van der Waals surface area (Å²) in [7, 11) is 2.22. The van der Waals surface area contributed by atoms with Crippen molar-refractivity contribution < 1.29 is 0 Å². The third-order valence-corrected chi connectivity index (χ3v) is 5.51. The Morgan fingerprint density at radius 1 is 1.14 bits per heavy atom. The van der Waals surface area contributed by atoms with Crippen LogP contribution in [0.15, 0.2) is 18.2 Å². The molecule has 0 aliphatic carbocycles. The van der Waals surface area contributed by atoms with E-state index in [2.05, 4.69) is 40.4 Å². The van der Waals surface area contributed by atoms with Gasteiger partial charge in [0.1, 0.15) is 0 Å². The van der Waals surface area contributed by atoms with Crippen molar-refractivity contribution in [3.8, 4) is 0 Å². The lowest BCUT2D eigenvalue weighted by atomic mass is 9.99. The molecule has 3 aliphatic rings. The van der Waals surface area contributed by atoms with Gasteiger partial charge in [-0.25, -0.2) is 0 Å². The summed E-state index contributed by atoms with van der Waals surface area (Å²) in [6.45, 7) is 4.81. The van der Waals surface area contributed by atoms with Crippen molar-refractivity contribution in [3.05, 3.63) is 29.3 Å². The zero-order chi connectivity index (χ0) is 14.2. The van der Waals surface area contributed by atoms with Crippen molar-refractivity contribution >= 4 is 5.69 Å². The van der Waals surface area contributed by atoms with Crippen LogP contribution in [0.25, 0.3) is 0 Å². The molecule has 2 atom stereocenters. The molecule has 3 heteroatoms. The first-order valence-corrected chi connectivity index (χ1v) is 8.59. The van der Waals surface area contributed by atoms with E-state index in [-0.39, 0.29) is 0 Å². The highest BCUT2D eigenvalue weighted by molar-refractivity contribution is 5.56. The van der Waals surface area contributed by atoms with Gasteiger partial charge in [-0.1, -0.05) is 12.1 Å². The van der Waals surface area contributed by atoms with E-state index >= 15 is 0 Å². The minimum Gasteiger partial charge on any atom is -0.374 e. The summed E-state index contributed by atoms with van der Waals surface area (Å²) < 4.78 is 0. The quantitative estimate of drug-likeness (QED) is 0.900. The molecule has 0 spiro atoms. The third-order valence-electron chi connectivity index (χ3n) is 5.51. The highest BCUT2D eigenvalue weighted by atomic mass is 15.2. The summed E-state index contributed by atoms with van der Waals surface area (Å²) >= 11 is 0. The second kappa shape index (κ2) is 5.62. The van der Waals surface area contributed by atoms with Gasteiger partial charge >= 0.3 is 0 Å². The Morgan fingerprint density at radius 3 is 3.00 bits per heavy atom. The van der Waals surface area contributed by atoms with Crippen molar-refractivity contribution in [1.82, 2.24) is 10.2 Å². The molecule has 3 aliphatic heterocycles. The minimum atomic E-state index is 0.737. The summed E-state index contributed by atoms with van der Waals surface area (Å²) in [6.07, 6.45) is 6.63. The summed E-state index contributed by atoms with van der Waals surface area (Å²) in [5, 5.41) is 3.78. The average molecular weight is 285 g/mol. The van der Waals surface area contributed by atoms with Gasteiger partial charge in [0.05, 0.1) is 0 Å². The number of nitrogens with zero attached hydrogens (tertiary/aromatic N) is 2. The molecule has 2 saturated heterocycles.